The predicted octanol–water partition coefficient (Wildman–Crippen LogP) is 5.27. The molecule has 2 aromatic carbocycles. The van der Waals surface area contributed by atoms with Gasteiger partial charge in [0.1, 0.15) is 12.8 Å². The highest BCUT2D eigenvalue weighted by Crippen LogP contribution is 2.40. The van der Waals surface area contributed by atoms with Crippen molar-refractivity contribution in [3.63, 3.8) is 0 Å². The van der Waals surface area contributed by atoms with Crippen LogP contribution < -0.4 is 4.90 Å². The van der Waals surface area contributed by atoms with Crippen LogP contribution in [-0.4, -0.2) is 35.5 Å². The Kier molecular flexibility index (Phi) is 5.14. The minimum absolute atomic E-state index is 0.0661. The molecule has 1 aliphatic heterocycles. The van der Waals surface area contributed by atoms with Gasteiger partial charge in [-0.1, -0.05) is 11.6 Å². The number of phenolic OH excluding ortho intramolecular Hbond substituents is 1. The van der Waals surface area contributed by atoms with Crippen LogP contribution in [0.5, 0.6) is 5.75 Å². The maximum atomic E-state index is 10.5. The van der Waals surface area contributed by atoms with Gasteiger partial charge in [-0.05, 0) is 58.9 Å². The lowest BCUT2D eigenvalue weighted by Crippen LogP contribution is -2.26. The maximum Gasteiger partial charge on any atom is 0.209 e. The minimum atomic E-state index is -0.0661. The van der Waals surface area contributed by atoms with Crippen molar-refractivity contribution in [2.75, 3.05) is 25.0 Å². The molecule has 3 heteroatoms. The highest BCUT2D eigenvalue weighted by Gasteiger charge is 2.42. The van der Waals surface area contributed by atoms with E-state index in [-0.39, 0.29) is 5.41 Å². The summed E-state index contributed by atoms with van der Waals surface area (Å²) in [5, 5.41) is 10.5. The van der Waals surface area contributed by atoms with Crippen LogP contribution in [0.15, 0.2) is 42.5 Å². The van der Waals surface area contributed by atoms with Crippen molar-refractivity contribution < 1.29 is 9.68 Å². The van der Waals surface area contributed by atoms with Crippen molar-refractivity contribution in [1.82, 2.24) is 0 Å². The molecule has 3 rings (SSSR count). The zero-order valence-corrected chi connectivity index (χ0v) is 17.4. The van der Waals surface area contributed by atoms with E-state index < -0.39 is 0 Å². The number of benzene rings is 2. The molecule has 27 heavy (non-hydrogen) atoms. The van der Waals surface area contributed by atoms with Crippen molar-refractivity contribution in [2.45, 2.75) is 40.0 Å². The Balaban J connectivity index is 1.94. The van der Waals surface area contributed by atoms with Gasteiger partial charge in [0.05, 0.1) is 5.41 Å². The Morgan fingerprint density at radius 1 is 1.04 bits per heavy atom. The van der Waals surface area contributed by atoms with Crippen molar-refractivity contribution in [3.8, 4) is 5.75 Å². The van der Waals surface area contributed by atoms with E-state index in [1.165, 1.54) is 22.5 Å². The van der Waals surface area contributed by atoms with E-state index in [1.807, 2.05) is 18.2 Å². The van der Waals surface area contributed by atoms with Gasteiger partial charge >= 0.3 is 0 Å². The third-order valence-corrected chi connectivity index (χ3v) is 5.75. The molecule has 0 radical (unpaired) electrons. The van der Waals surface area contributed by atoms with Crippen LogP contribution in [-0.2, 0) is 5.41 Å². The Morgan fingerprint density at radius 3 is 2.37 bits per heavy atom. The molecule has 1 aliphatic rings. The number of aromatic hydroxyl groups is 1. The van der Waals surface area contributed by atoms with Crippen molar-refractivity contribution in [3.05, 3.63) is 59.2 Å². The molecule has 0 saturated carbocycles. The average Bonchev–Trinajstić information content (AvgIpc) is 2.81. The summed E-state index contributed by atoms with van der Waals surface area (Å²) < 4.78 is 2.26. The Morgan fingerprint density at radius 2 is 1.74 bits per heavy atom. The van der Waals surface area contributed by atoms with Gasteiger partial charge in [0.2, 0.25) is 5.69 Å². The summed E-state index contributed by atoms with van der Waals surface area (Å²) in [6.45, 7) is 12.8. The second kappa shape index (κ2) is 7.22. The van der Waals surface area contributed by atoms with Gasteiger partial charge in [-0.2, -0.15) is 4.58 Å². The van der Waals surface area contributed by atoms with Gasteiger partial charge in [0.15, 0.2) is 5.71 Å². The Hall–Kier alpha value is -2.55. The zero-order valence-electron chi connectivity index (χ0n) is 17.4. The Labute approximate surface area is 163 Å². The maximum absolute atomic E-state index is 10.5. The second-order valence-electron chi connectivity index (χ2n) is 7.84. The third kappa shape index (κ3) is 3.39. The quantitative estimate of drug-likeness (QED) is 0.733. The molecule has 142 valence electrons. The molecule has 0 aliphatic carbocycles. The van der Waals surface area contributed by atoms with E-state index in [4.69, 9.17) is 0 Å². The monoisotopic (exact) mass is 363 g/mol. The zero-order chi connectivity index (χ0) is 19.8. The molecular formula is C24H31N2O+. The molecule has 2 aromatic rings. The van der Waals surface area contributed by atoms with Crippen LogP contribution in [0.3, 0.4) is 0 Å². The summed E-state index contributed by atoms with van der Waals surface area (Å²) in [6.07, 6.45) is 4.16. The van der Waals surface area contributed by atoms with E-state index in [2.05, 4.69) is 81.5 Å². The fourth-order valence-electron chi connectivity index (χ4n) is 4.08. The number of aryl methyl sites for hydroxylation is 1. The van der Waals surface area contributed by atoms with E-state index >= 15 is 0 Å². The summed E-state index contributed by atoms with van der Waals surface area (Å²) in [7, 11) is 2.12. The lowest BCUT2D eigenvalue weighted by Gasteiger charge is -2.21. The topological polar surface area (TPSA) is 26.5 Å². The molecule has 0 amide bonds. The van der Waals surface area contributed by atoms with Crippen LogP contribution in [0.4, 0.5) is 11.4 Å². The van der Waals surface area contributed by atoms with E-state index in [0.29, 0.717) is 5.75 Å². The number of anilines is 1. The fourth-order valence-corrected chi connectivity index (χ4v) is 4.08. The van der Waals surface area contributed by atoms with Crippen LogP contribution in [0.25, 0.3) is 6.08 Å². The molecule has 3 nitrogen and oxygen atoms in total. The Bertz CT molecular complexity index is 918. The van der Waals surface area contributed by atoms with Crippen LogP contribution in [0.2, 0.25) is 0 Å². The lowest BCUT2D eigenvalue weighted by atomic mass is 9.81. The van der Waals surface area contributed by atoms with Gasteiger partial charge in [0.25, 0.3) is 0 Å². The van der Waals surface area contributed by atoms with E-state index in [1.54, 1.807) is 0 Å². The molecule has 0 aromatic heterocycles. The normalized spacial score (nSPS) is 15.5. The summed E-state index contributed by atoms with van der Waals surface area (Å²) in [4.78, 5) is 2.23. The van der Waals surface area contributed by atoms with Gasteiger partial charge < -0.3 is 10.0 Å². The minimum Gasteiger partial charge on any atom is -0.507 e. The summed E-state index contributed by atoms with van der Waals surface area (Å²) >= 11 is 0. The molecule has 0 unspecified atom stereocenters. The highest BCUT2D eigenvalue weighted by molar-refractivity contribution is 6.05. The van der Waals surface area contributed by atoms with Gasteiger partial charge in [-0.25, -0.2) is 0 Å². The molecule has 0 spiro atoms. The largest absolute Gasteiger partial charge is 0.507 e. The van der Waals surface area contributed by atoms with Crippen molar-refractivity contribution in [1.29, 1.82) is 0 Å². The number of hydrogen-bond donors (Lipinski definition) is 1. The number of phenols is 1. The number of rotatable bonds is 5. The SMILES string of the molecule is CCN(CC)c1ccc(C=CC2=[N+](C)c3ccc(C)cc3C2(C)C)c(O)c1. The van der Waals surface area contributed by atoms with E-state index in [9.17, 15) is 5.11 Å². The molecule has 0 bridgehead atoms. The molecule has 0 saturated heterocycles. The molecule has 1 heterocycles. The van der Waals surface area contributed by atoms with Gasteiger partial charge in [-0.3, -0.25) is 0 Å². The van der Waals surface area contributed by atoms with E-state index in [0.717, 1.165) is 24.3 Å². The highest BCUT2D eigenvalue weighted by atomic mass is 16.3. The first-order valence-corrected chi connectivity index (χ1v) is 9.78. The van der Waals surface area contributed by atoms with Gasteiger partial charge in [-0.15, -0.1) is 0 Å². The number of nitrogens with zero attached hydrogens (tertiary/aromatic N) is 2. The standard InChI is InChI=1S/C24H30N2O/c1-7-26(8-2)19-12-10-18(22(27)16-19)11-14-23-24(4,5)20-15-17(3)9-13-21(20)25(23)6/h9-16H,7-8H2,1-6H3/p+1. The van der Waals surface area contributed by atoms with Gasteiger partial charge in [0, 0.05) is 48.1 Å². The van der Waals surface area contributed by atoms with Crippen molar-refractivity contribution in [2.24, 2.45) is 0 Å². The summed E-state index contributed by atoms with van der Waals surface area (Å²) in [5.74, 6) is 0.322. The number of hydrogen-bond acceptors (Lipinski definition) is 2. The smallest absolute Gasteiger partial charge is 0.209 e. The van der Waals surface area contributed by atoms with Crippen molar-refractivity contribution >= 4 is 23.2 Å². The number of allylic oxidation sites excluding steroid dienone is 1. The summed E-state index contributed by atoms with van der Waals surface area (Å²) in [6, 6.07) is 12.6. The third-order valence-electron chi connectivity index (χ3n) is 5.75. The molecule has 0 fully saturated rings. The molecular weight excluding hydrogens is 332 g/mol. The van der Waals surface area contributed by atoms with Crippen LogP contribution in [0.1, 0.15) is 44.4 Å². The molecule has 0 atom stereocenters. The number of fused-ring (bicyclic) bond motifs is 1. The predicted molar refractivity (Wildman–Crippen MR) is 116 cm³/mol. The van der Waals surface area contributed by atoms with Crippen LogP contribution in [0, 0.1) is 6.92 Å². The molecule has 1 N–H and O–H groups in total. The average molecular weight is 364 g/mol. The van der Waals surface area contributed by atoms with Crippen LogP contribution >= 0.6 is 0 Å². The lowest BCUT2D eigenvalue weighted by molar-refractivity contribution is -0.401. The first kappa shape index (κ1) is 19.2. The first-order chi connectivity index (χ1) is 12.8. The summed E-state index contributed by atoms with van der Waals surface area (Å²) in [5.41, 5.74) is 6.96. The first-order valence-electron chi connectivity index (χ1n) is 9.78. The second-order valence-corrected chi connectivity index (χ2v) is 7.84. The fraction of sp³-hybridized carbons (Fsp3) is 0.375.